The van der Waals surface area contributed by atoms with Crippen LogP contribution in [0.25, 0.3) is 10.8 Å². The lowest BCUT2D eigenvalue weighted by Crippen LogP contribution is -2.31. The van der Waals surface area contributed by atoms with Crippen LogP contribution < -0.4 is 5.32 Å². The highest BCUT2D eigenvalue weighted by atomic mass is 35.5. The first kappa shape index (κ1) is 20.3. The largest absolute Gasteiger partial charge is 0.452 e. The van der Waals surface area contributed by atoms with Gasteiger partial charge in [0.15, 0.2) is 6.61 Å². The Hall–Kier alpha value is -3.45. The van der Waals surface area contributed by atoms with Gasteiger partial charge in [-0.1, -0.05) is 54.1 Å². The third-order valence-corrected chi connectivity index (χ3v) is 4.71. The van der Waals surface area contributed by atoms with Gasteiger partial charge in [-0.05, 0) is 29.3 Å². The number of hydrogen-bond acceptors (Lipinski definition) is 5. The molecule has 0 aliphatic carbocycles. The normalized spacial score (nSPS) is 11.7. The van der Waals surface area contributed by atoms with E-state index in [9.17, 15) is 19.7 Å². The van der Waals surface area contributed by atoms with Crippen molar-refractivity contribution in [1.29, 1.82) is 0 Å². The minimum atomic E-state index is -0.910. The molecule has 148 valence electrons. The molecule has 0 saturated heterocycles. The number of nitrogens with one attached hydrogen (secondary N) is 1. The fourth-order valence-corrected chi connectivity index (χ4v) is 3.18. The van der Waals surface area contributed by atoms with E-state index in [1.807, 2.05) is 49.4 Å². The summed E-state index contributed by atoms with van der Waals surface area (Å²) >= 11 is 5.91. The summed E-state index contributed by atoms with van der Waals surface area (Å²) in [6.45, 7) is 1.30. The van der Waals surface area contributed by atoms with Gasteiger partial charge in [0.1, 0.15) is 0 Å². The van der Waals surface area contributed by atoms with Crippen LogP contribution in [0.1, 0.15) is 28.9 Å². The molecule has 0 radical (unpaired) electrons. The predicted molar refractivity (Wildman–Crippen MR) is 109 cm³/mol. The van der Waals surface area contributed by atoms with Gasteiger partial charge in [-0.15, -0.1) is 0 Å². The van der Waals surface area contributed by atoms with Crippen LogP contribution in [0, 0.1) is 10.1 Å². The van der Waals surface area contributed by atoms with Crippen molar-refractivity contribution >= 4 is 39.9 Å². The zero-order valence-corrected chi connectivity index (χ0v) is 16.2. The first-order valence-electron chi connectivity index (χ1n) is 8.75. The Labute approximate surface area is 171 Å². The van der Waals surface area contributed by atoms with Gasteiger partial charge < -0.3 is 10.1 Å². The van der Waals surface area contributed by atoms with Crippen molar-refractivity contribution in [3.63, 3.8) is 0 Å². The van der Waals surface area contributed by atoms with Gasteiger partial charge in [-0.25, -0.2) is 4.79 Å². The second kappa shape index (κ2) is 8.70. The summed E-state index contributed by atoms with van der Waals surface area (Å²) in [6.07, 6.45) is 0. The number of carbonyl (C=O) groups is 2. The molecule has 0 aliphatic rings. The number of halogens is 1. The van der Waals surface area contributed by atoms with Crippen LogP contribution in [-0.2, 0) is 9.53 Å². The Bertz CT molecular complexity index is 1090. The number of nitro groups is 1. The van der Waals surface area contributed by atoms with Crippen molar-refractivity contribution in [2.45, 2.75) is 13.0 Å². The average Bonchev–Trinajstić information content (AvgIpc) is 2.71. The molecular formula is C21H17ClN2O5. The van der Waals surface area contributed by atoms with Gasteiger partial charge in [-0.3, -0.25) is 14.9 Å². The quantitative estimate of drug-likeness (QED) is 0.366. The SMILES string of the molecule is C[C@H](NC(=O)COC(=O)c1cc([N+](=O)[O-])ccc1Cl)c1cccc2ccccc12. The number of ether oxygens (including phenoxy) is 1. The Balaban J connectivity index is 1.64. The van der Waals surface area contributed by atoms with Gasteiger partial charge in [0.05, 0.1) is 21.6 Å². The van der Waals surface area contributed by atoms with E-state index in [0.29, 0.717) is 0 Å². The molecule has 1 amide bonds. The molecule has 0 fully saturated rings. The van der Waals surface area contributed by atoms with Crippen LogP contribution in [0.5, 0.6) is 0 Å². The number of esters is 1. The molecule has 0 heterocycles. The lowest BCUT2D eigenvalue weighted by molar-refractivity contribution is -0.384. The molecule has 1 atom stereocenters. The second-order valence-electron chi connectivity index (χ2n) is 6.35. The standard InChI is InChI=1S/C21H17ClN2O5/c1-13(16-8-4-6-14-5-2-3-7-17(14)16)23-20(25)12-29-21(26)18-11-15(24(27)28)9-10-19(18)22/h2-11,13H,12H2,1H3,(H,23,25)/t13-/m0/s1. The maximum Gasteiger partial charge on any atom is 0.340 e. The van der Waals surface area contributed by atoms with Gasteiger partial charge >= 0.3 is 5.97 Å². The van der Waals surface area contributed by atoms with Crippen LogP contribution in [-0.4, -0.2) is 23.4 Å². The fraction of sp³-hybridized carbons (Fsp3) is 0.143. The number of benzene rings is 3. The highest BCUT2D eigenvalue weighted by Crippen LogP contribution is 2.24. The van der Waals surface area contributed by atoms with Crippen LogP contribution >= 0.6 is 11.6 Å². The molecule has 0 bridgehead atoms. The molecule has 0 aromatic heterocycles. The van der Waals surface area contributed by atoms with E-state index in [1.165, 1.54) is 12.1 Å². The molecule has 8 heteroatoms. The summed E-state index contributed by atoms with van der Waals surface area (Å²) in [5.41, 5.74) is 0.468. The van der Waals surface area contributed by atoms with E-state index in [-0.39, 0.29) is 22.3 Å². The fourth-order valence-electron chi connectivity index (χ4n) is 2.98. The molecule has 7 nitrogen and oxygen atoms in total. The van der Waals surface area contributed by atoms with Crippen LogP contribution in [0.15, 0.2) is 60.7 Å². The zero-order chi connectivity index (χ0) is 21.0. The van der Waals surface area contributed by atoms with Crippen LogP contribution in [0.4, 0.5) is 5.69 Å². The molecule has 3 aromatic rings. The highest BCUT2D eigenvalue weighted by molar-refractivity contribution is 6.33. The summed E-state index contributed by atoms with van der Waals surface area (Å²) in [5.74, 6) is -1.41. The molecule has 0 saturated carbocycles. The van der Waals surface area contributed by atoms with E-state index in [1.54, 1.807) is 0 Å². The summed E-state index contributed by atoms with van der Waals surface area (Å²) in [4.78, 5) is 34.6. The van der Waals surface area contributed by atoms with Crippen molar-refractivity contribution in [2.75, 3.05) is 6.61 Å². The second-order valence-corrected chi connectivity index (χ2v) is 6.76. The number of amides is 1. The Kier molecular flexibility index (Phi) is 6.09. The molecule has 3 aromatic carbocycles. The van der Waals surface area contributed by atoms with Crippen molar-refractivity contribution in [3.05, 3.63) is 86.9 Å². The van der Waals surface area contributed by atoms with Crippen molar-refractivity contribution in [1.82, 2.24) is 5.32 Å². The Morgan fingerprint density at radius 3 is 2.62 bits per heavy atom. The van der Waals surface area contributed by atoms with Gasteiger partial charge in [-0.2, -0.15) is 0 Å². The molecule has 0 unspecified atom stereocenters. The zero-order valence-electron chi connectivity index (χ0n) is 15.4. The van der Waals surface area contributed by atoms with E-state index in [4.69, 9.17) is 16.3 Å². The third kappa shape index (κ3) is 4.70. The van der Waals surface area contributed by atoms with Gasteiger partial charge in [0, 0.05) is 12.1 Å². The number of non-ortho nitro benzene ring substituents is 1. The number of fused-ring (bicyclic) bond motifs is 1. The first-order chi connectivity index (χ1) is 13.9. The van der Waals surface area contributed by atoms with Crippen molar-refractivity contribution < 1.29 is 19.2 Å². The summed E-state index contributed by atoms with van der Waals surface area (Å²) in [7, 11) is 0. The molecule has 0 aliphatic heterocycles. The smallest absolute Gasteiger partial charge is 0.340 e. The van der Waals surface area contributed by atoms with E-state index >= 15 is 0 Å². The van der Waals surface area contributed by atoms with Crippen molar-refractivity contribution in [2.24, 2.45) is 0 Å². The number of nitrogens with zero attached hydrogens (tertiary/aromatic N) is 1. The first-order valence-corrected chi connectivity index (χ1v) is 9.12. The Morgan fingerprint density at radius 1 is 1.14 bits per heavy atom. The highest BCUT2D eigenvalue weighted by Gasteiger charge is 2.19. The van der Waals surface area contributed by atoms with Gasteiger partial charge in [0.25, 0.3) is 11.6 Å². The topological polar surface area (TPSA) is 98.5 Å². The monoisotopic (exact) mass is 412 g/mol. The van der Waals surface area contributed by atoms with Gasteiger partial charge in [0.2, 0.25) is 0 Å². The predicted octanol–water partition coefficient (Wildman–Crippen LogP) is 4.44. The molecule has 3 rings (SSSR count). The number of nitro benzene ring substituents is 1. The number of hydrogen-bond donors (Lipinski definition) is 1. The van der Waals surface area contributed by atoms with Crippen LogP contribution in [0.3, 0.4) is 0 Å². The minimum Gasteiger partial charge on any atom is -0.452 e. The Morgan fingerprint density at radius 2 is 1.86 bits per heavy atom. The van der Waals surface area contributed by atoms with E-state index in [0.717, 1.165) is 22.4 Å². The summed E-state index contributed by atoms with van der Waals surface area (Å²) in [5, 5.41) is 15.7. The molecular weight excluding hydrogens is 396 g/mol. The molecule has 0 spiro atoms. The average molecular weight is 413 g/mol. The third-order valence-electron chi connectivity index (χ3n) is 4.38. The maximum absolute atomic E-state index is 12.2. The summed E-state index contributed by atoms with van der Waals surface area (Å²) < 4.78 is 4.97. The number of rotatable bonds is 6. The molecule has 29 heavy (non-hydrogen) atoms. The van der Waals surface area contributed by atoms with E-state index < -0.39 is 23.4 Å². The molecule has 1 N–H and O–H groups in total. The minimum absolute atomic E-state index is 0.00475. The lowest BCUT2D eigenvalue weighted by atomic mass is 10.00. The lowest BCUT2D eigenvalue weighted by Gasteiger charge is -2.16. The van der Waals surface area contributed by atoms with Crippen LogP contribution in [0.2, 0.25) is 5.02 Å². The summed E-state index contributed by atoms with van der Waals surface area (Å²) in [6, 6.07) is 16.7. The van der Waals surface area contributed by atoms with Crippen molar-refractivity contribution in [3.8, 4) is 0 Å². The maximum atomic E-state index is 12.2. The number of carbonyl (C=O) groups excluding carboxylic acids is 2. The van der Waals surface area contributed by atoms with E-state index in [2.05, 4.69) is 5.32 Å².